The second-order valence-corrected chi connectivity index (χ2v) is 6.02. The number of ether oxygens (including phenoxy) is 3. The molecule has 10 heteroatoms. The lowest BCUT2D eigenvalue weighted by atomic mass is 10.1. The highest BCUT2D eigenvalue weighted by Gasteiger charge is 2.16. The predicted molar refractivity (Wildman–Crippen MR) is 99.9 cm³/mol. The van der Waals surface area contributed by atoms with Crippen LogP contribution in [0.5, 0.6) is 17.2 Å². The molecular weight excluding hydrogens is 384 g/mol. The number of anilines is 2. The summed E-state index contributed by atoms with van der Waals surface area (Å²) in [5, 5.41) is 2.90. The van der Waals surface area contributed by atoms with Gasteiger partial charge in [-0.15, -0.1) is 0 Å². The molecule has 2 rings (SSSR count). The highest BCUT2D eigenvalue weighted by molar-refractivity contribution is 7.80. The molecule has 1 amide bonds. The maximum Gasteiger partial charge on any atom is 0.259 e. The Bertz CT molecular complexity index is 820. The first kappa shape index (κ1) is 19.8. The average Bonchev–Trinajstić information content (AvgIpc) is 2.62. The van der Waals surface area contributed by atoms with Gasteiger partial charge in [-0.2, -0.15) is 0 Å². The van der Waals surface area contributed by atoms with Crippen LogP contribution in [0.1, 0.15) is 10.4 Å². The molecule has 0 aliphatic rings. The van der Waals surface area contributed by atoms with Gasteiger partial charge < -0.3 is 19.5 Å². The molecule has 0 radical (unpaired) electrons. The van der Waals surface area contributed by atoms with Crippen LogP contribution < -0.4 is 24.2 Å². The summed E-state index contributed by atoms with van der Waals surface area (Å²) in [4.78, 5) is 12.5. The fourth-order valence-electron chi connectivity index (χ4n) is 2.20. The summed E-state index contributed by atoms with van der Waals surface area (Å²) < 4.78 is 37.8. The molecule has 1 unspecified atom stereocenters. The van der Waals surface area contributed by atoms with Crippen molar-refractivity contribution in [1.82, 2.24) is 0 Å². The molecule has 0 spiro atoms. The van der Waals surface area contributed by atoms with E-state index in [9.17, 15) is 9.00 Å². The van der Waals surface area contributed by atoms with Crippen LogP contribution in [0.4, 0.5) is 11.4 Å². The Kier molecular flexibility index (Phi) is 6.67. The summed E-state index contributed by atoms with van der Waals surface area (Å²) >= 11 is 3.62. The van der Waals surface area contributed by atoms with Crippen molar-refractivity contribution in [1.29, 1.82) is 0 Å². The molecule has 0 aliphatic carbocycles. The molecule has 0 bridgehead atoms. The number of nitrogens with one attached hydrogen (secondary N) is 2. The smallest absolute Gasteiger partial charge is 0.259 e. The molecule has 0 fully saturated rings. The van der Waals surface area contributed by atoms with Crippen LogP contribution >= 0.6 is 11.6 Å². The zero-order chi connectivity index (χ0) is 19.3. The third-order valence-corrected chi connectivity index (χ3v) is 4.07. The number of carbonyl (C=O) groups is 1. The molecule has 2 aromatic carbocycles. The van der Waals surface area contributed by atoms with Crippen LogP contribution in [0.15, 0.2) is 30.3 Å². The minimum atomic E-state index is -2.31. The second-order valence-electron chi connectivity index (χ2n) is 4.91. The SMILES string of the molecule is COc1cc(NC(=O)c2ccc(Cl)c(NS(=O)O)c2)cc(OC)c1OC. The third-order valence-electron chi connectivity index (χ3n) is 3.35. The number of methoxy groups -OCH3 is 3. The molecule has 26 heavy (non-hydrogen) atoms. The molecule has 0 aromatic heterocycles. The highest BCUT2D eigenvalue weighted by Crippen LogP contribution is 2.40. The molecule has 0 heterocycles. The number of halogens is 1. The number of carbonyl (C=O) groups excluding carboxylic acids is 1. The first-order valence-electron chi connectivity index (χ1n) is 7.18. The zero-order valence-electron chi connectivity index (χ0n) is 14.2. The van der Waals surface area contributed by atoms with E-state index in [1.165, 1.54) is 39.5 Å². The van der Waals surface area contributed by atoms with Gasteiger partial charge >= 0.3 is 0 Å². The topological polar surface area (TPSA) is 106 Å². The van der Waals surface area contributed by atoms with Crippen molar-refractivity contribution in [2.75, 3.05) is 31.4 Å². The molecule has 8 nitrogen and oxygen atoms in total. The van der Waals surface area contributed by atoms with Crippen molar-refractivity contribution in [3.8, 4) is 17.2 Å². The number of amides is 1. The molecule has 3 N–H and O–H groups in total. The van der Waals surface area contributed by atoms with Crippen molar-refractivity contribution in [3.63, 3.8) is 0 Å². The third kappa shape index (κ3) is 4.57. The first-order valence-corrected chi connectivity index (χ1v) is 8.66. The summed E-state index contributed by atoms with van der Waals surface area (Å²) in [6.07, 6.45) is 0. The lowest BCUT2D eigenvalue weighted by Crippen LogP contribution is -2.13. The summed E-state index contributed by atoms with van der Waals surface area (Å²) in [6.45, 7) is 0. The van der Waals surface area contributed by atoms with Gasteiger partial charge in [0.15, 0.2) is 11.5 Å². The van der Waals surface area contributed by atoms with Crippen LogP contribution in [-0.4, -0.2) is 36.0 Å². The van der Waals surface area contributed by atoms with E-state index < -0.39 is 17.2 Å². The minimum absolute atomic E-state index is 0.157. The maximum absolute atomic E-state index is 12.5. The van der Waals surface area contributed by atoms with Crippen molar-refractivity contribution in [2.45, 2.75) is 0 Å². The van der Waals surface area contributed by atoms with Gasteiger partial charge in [-0.3, -0.25) is 14.1 Å². The van der Waals surface area contributed by atoms with Gasteiger partial charge in [0.25, 0.3) is 17.2 Å². The van der Waals surface area contributed by atoms with Crippen LogP contribution in [0, 0.1) is 0 Å². The van der Waals surface area contributed by atoms with Gasteiger partial charge in [0, 0.05) is 23.4 Å². The summed E-state index contributed by atoms with van der Waals surface area (Å²) in [5.41, 5.74) is 0.806. The summed E-state index contributed by atoms with van der Waals surface area (Å²) in [6, 6.07) is 7.46. The Morgan fingerprint density at radius 1 is 1.08 bits per heavy atom. The summed E-state index contributed by atoms with van der Waals surface area (Å²) in [5.74, 6) is 0.715. The fraction of sp³-hybridized carbons (Fsp3) is 0.188. The van der Waals surface area contributed by atoms with Crippen LogP contribution in [-0.2, 0) is 11.3 Å². The second kappa shape index (κ2) is 8.75. The van der Waals surface area contributed by atoms with E-state index in [2.05, 4.69) is 10.0 Å². The van der Waals surface area contributed by atoms with Gasteiger partial charge in [0.1, 0.15) is 0 Å². The molecule has 1 atom stereocenters. The van der Waals surface area contributed by atoms with Crippen LogP contribution in [0.25, 0.3) is 0 Å². The van der Waals surface area contributed by atoms with E-state index in [1.807, 2.05) is 0 Å². The Morgan fingerprint density at radius 2 is 1.69 bits per heavy atom. The molecule has 2 aromatic rings. The Hall–Kier alpha value is -2.49. The number of hydrogen-bond donors (Lipinski definition) is 3. The van der Waals surface area contributed by atoms with Crippen LogP contribution in [0.3, 0.4) is 0 Å². The highest BCUT2D eigenvalue weighted by atomic mass is 35.5. The standard InChI is InChI=1S/C16H17ClN2O6S/c1-23-13-7-10(8-14(24-2)15(13)25-3)18-16(20)9-4-5-11(17)12(6-9)19-26(21)22/h4-8,19H,1-3H3,(H,18,20)(H,21,22). The molecule has 0 saturated heterocycles. The average molecular weight is 401 g/mol. The molecule has 140 valence electrons. The van der Waals surface area contributed by atoms with Crippen molar-refractivity contribution in [3.05, 3.63) is 40.9 Å². The Balaban J connectivity index is 2.31. The summed E-state index contributed by atoms with van der Waals surface area (Å²) in [7, 11) is 4.41. The van der Waals surface area contributed by atoms with Crippen molar-refractivity contribution >= 4 is 40.1 Å². The minimum Gasteiger partial charge on any atom is -0.493 e. The van der Waals surface area contributed by atoms with E-state index >= 15 is 0 Å². The number of rotatable bonds is 7. The van der Waals surface area contributed by atoms with E-state index in [1.54, 1.807) is 12.1 Å². The van der Waals surface area contributed by atoms with Gasteiger partial charge in [-0.05, 0) is 18.2 Å². The number of benzene rings is 2. The van der Waals surface area contributed by atoms with Gasteiger partial charge in [-0.1, -0.05) is 11.6 Å². The van der Waals surface area contributed by atoms with Crippen LogP contribution in [0.2, 0.25) is 5.02 Å². The largest absolute Gasteiger partial charge is 0.493 e. The molecule has 0 saturated carbocycles. The predicted octanol–water partition coefficient (Wildman–Crippen LogP) is 3.17. The van der Waals surface area contributed by atoms with E-state index in [-0.39, 0.29) is 16.3 Å². The van der Waals surface area contributed by atoms with Gasteiger partial charge in [-0.25, -0.2) is 4.21 Å². The van der Waals surface area contributed by atoms with Crippen molar-refractivity contribution < 1.29 is 27.8 Å². The zero-order valence-corrected chi connectivity index (χ0v) is 15.7. The number of hydrogen-bond acceptors (Lipinski definition) is 5. The molecular formula is C16H17ClN2O6S. The lowest BCUT2D eigenvalue weighted by molar-refractivity contribution is 0.102. The lowest BCUT2D eigenvalue weighted by Gasteiger charge is -2.15. The fourth-order valence-corrected chi connectivity index (χ4v) is 2.77. The first-order chi connectivity index (χ1) is 12.4. The molecule has 0 aliphatic heterocycles. The van der Waals surface area contributed by atoms with Gasteiger partial charge in [0.05, 0.1) is 32.0 Å². The monoisotopic (exact) mass is 400 g/mol. The van der Waals surface area contributed by atoms with E-state index in [0.717, 1.165) is 0 Å². The van der Waals surface area contributed by atoms with Crippen molar-refractivity contribution in [2.24, 2.45) is 0 Å². The quantitative estimate of drug-likeness (QED) is 0.616. The van der Waals surface area contributed by atoms with E-state index in [4.69, 9.17) is 30.4 Å². The maximum atomic E-state index is 12.5. The normalized spacial score (nSPS) is 11.4. The Labute approximate surface area is 157 Å². The van der Waals surface area contributed by atoms with E-state index in [0.29, 0.717) is 22.9 Å². The van der Waals surface area contributed by atoms with Gasteiger partial charge in [0.2, 0.25) is 5.75 Å². The Morgan fingerprint density at radius 3 is 2.19 bits per heavy atom.